The van der Waals surface area contributed by atoms with E-state index >= 15 is 0 Å². The van der Waals surface area contributed by atoms with Gasteiger partial charge in [0.15, 0.2) is 17.0 Å². The Hall–Kier alpha value is -2.67. The third kappa shape index (κ3) is 2.99. The first-order chi connectivity index (χ1) is 12.7. The largest absolute Gasteiger partial charge is 0.395 e. The maximum Gasteiger partial charge on any atom is 0.229 e. The summed E-state index contributed by atoms with van der Waals surface area (Å²) in [4.78, 5) is 16.3. The molecule has 0 atom stereocenters. The van der Waals surface area contributed by atoms with Gasteiger partial charge in [0.25, 0.3) is 0 Å². The van der Waals surface area contributed by atoms with Crippen LogP contribution in [0.5, 0.6) is 0 Å². The van der Waals surface area contributed by atoms with E-state index in [9.17, 15) is 5.11 Å². The number of hydrogen-bond acceptors (Lipinski definition) is 6. The molecule has 4 rings (SSSR count). The molecule has 3 heterocycles. The van der Waals surface area contributed by atoms with Crippen LogP contribution in [0, 0.1) is 0 Å². The lowest BCUT2D eigenvalue weighted by Gasteiger charge is -2.29. The van der Waals surface area contributed by atoms with Gasteiger partial charge in [0.2, 0.25) is 5.95 Å². The van der Waals surface area contributed by atoms with Gasteiger partial charge in [-0.2, -0.15) is 9.97 Å². The summed E-state index contributed by atoms with van der Waals surface area (Å²) < 4.78 is 2.06. The molecule has 7 nitrogen and oxygen atoms in total. The predicted octanol–water partition coefficient (Wildman–Crippen LogP) is 2.37. The van der Waals surface area contributed by atoms with E-state index in [4.69, 9.17) is 9.97 Å². The molecule has 0 fully saturated rings. The minimum atomic E-state index is 0.0445. The number of benzene rings is 1. The molecule has 136 valence electrons. The van der Waals surface area contributed by atoms with Crippen molar-refractivity contribution in [3.8, 4) is 0 Å². The summed E-state index contributed by atoms with van der Waals surface area (Å²) in [6.07, 6.45) is 2.80. The minimum absolute atomic E-state index is 0.0445. The summed E-state index contributed by atoms with van der Waals surface area (Å²) in [6.45, 7) is 6.39. The number of anilines is 2. The van der Waals surface area contributed by atoms with Gasteiger partial charge >= 0.3 is 0 Å². The maximum atomic E-state index is 9.18. The number of aromatic nitrogens is 4. The zero-order chi connectivity index (χ0) is 18.1. The highest BCUT2D eigenvalue weighted by molar-refractivity contribution is 5.84. The number of aliphatic hydroxyl groups excluding tert-OH is 1. The second-order valence-corrected chi connectivity index (χ2v) is 6.88. The number of aliphatic hydroxyl groups is 1. The molecule has 0 unspecified atom stereocenters. The van der Waals surface area contributed by atoms with E-state index in [-0.39, 0.29) is 12.6 Å². The second kappa shape index (κ2) is 6.92. The van der Waals surface area contributed by atoms with Crippen LogP contribution >= 0.6 is 0 Å². The van der Waals surface area contributed by atoms with E-state index in [1.165, 1.54) is 11.1 Å². The highest BCUT2D eigenvalue weighted by Crippen LogP contribution is 2.27. The van der Waals surface area contributed by atoms with Gasteiger partial charge in [-0.15, -0.1) is 0 Å². The molecule has 0 amide bonds. The molecule has 1 aliphatic heterocycles. The fourth-order valence-corrected chi connectivity index (χ4v) is 3.39. The smallest absolute Gasteiger partial charge is 0.229 e. The summed E-state index contributed by atoms with van der Waals surface area (Å²) in [7, 11) is 0. The Morgan fingerprint density at radius 2 is 2.00 bits per heavy atom. The molecule has 7 heteroatoms. The van der Waals surface area contributed by atoms with Gasteiger partial charge in [0.05, 0.1) is 12.9 Å². The zero-order valence-corrected chi connectivity index (χ0v) is 15.2. The minimum Gasteiger partial charge on any atom is -0.395 e. The number of rotatable bonds is 5. The van der Waals surface area contributed by atoms with Gasteiger partial charge in [0.1, 0.15) is 0 Å². The van der Waals surface area contributed by atoms with E-state index in [0.29, 0.717) is 18.3 Å². The predicted molar refractivity (Wildman–Crippen MR) is 102 cm³/mol. The molecule has 0 saturated carbocycles. The van der Waals surface area contributed by atoms with Gasteiger partial charge in [0, 0.05) is 25.7 Å². The third-order valence-corrected chi connectivity index (χ3v) is 4.78. The summed E-state index contributed by atoms with van der Waals surface area (Å²) >= 11 is 0. The first kappa shape index (κ1) is 16.8. The Morgan fingerprint density at radius 3 is 2.77 bits per heavy atom. The Balaban J connectivity index is 1.76. The van der Waals surface area contributed by atoms with Crippen molar-refractivity contribution in [3.63, 3.8) is 0 Å². The molecule has 1 aromatic carbocycles. The lowest BCUT2D eigenvalue weighted by atomic mass is 10.0. The van der Waals surface area contributed by atoms with Gasteiger partial charge in [-0.05, 0) is 31.4 Å². The highest BCUT2D eigenvalue weighted by Gasteiger charge is 2.21. The Kier molecular flexibility index (Phi) is 4.46. The lowest BCUT2D eigenvalue weighted by molar-refractivity contribution is 0.311. The Bertz CT molecular complexity index is 920. The first-order valence-corrected chi connectivity index (χ1v) is 9.08. The van der Waals surface area contributed by atoms with Crippen molar-refractivity contribution < 1.29 is 5.11 Å². The van der Waals surface area contributed by atoms with Crippen LogP contribution in [0.3, 0.4) is 0 Å². The van der Waals surface area contributed by atoms with Crippen LogP contribution in [-0.2, 0) is 13.0 Å². The topological polar surface area (TPSA) is 79.1 Å². The highest BCUT2D eigenvalue weighted by atomic mass is 16.3. The molecule has 0 aliphatic carbocycles. The number of nitrogens with zero attached hydrogens (tertiary/aromatic N) is 5. The number of imidazole rings is 1. The molecular weight excluding hydrogens is 328 g/mol. The van der Waals surface area contributed by atoms with Crippen molar-refractivity contribution in [3.05, 3.63) is 41.7 Å². The Morgan fingerprint density at radius 1 is 1.19 bits per heavy atom. The molecule has 26 heavy (non-hydrogen) atoms. The molecule has 3 aromatic rings. The molecular formula is C19H24N6O. The Labute approximate surface area is 152 Å². The quantitative estimate of drug-likeness (QED) is 0.734. The van der Waals surface area contributed by atoms with Gasteiger partial charge < -0.3 is 19.9 Å². The van der Waals surface area contributed by atoms with Crippen LogP contribution in [0.1, 0.15) is 31.0 Å². The van der Waals surface area contributed by atoms with Gasteiger partial charge in [-0.25, -0.2) is 4.98 Å². The zero-order valence-electron chi connectivity index (χ0n) is 15.2. The normalized spacial score (nSPS) is 14.1. The monoisotopic (exact) mass is 352 g/mol. The van der Waals surface area contributed by atoms with Crippen molar-refractivity contribution in [1.29, 1.82) is 0 Å². The van der Waals surface area contributed by atoms with Crippen molar-refractivity contribution in [2.75, 3.05) is 29.9 Å². The summed E-state index contributed by atoms with van der Waals surface area (Å²) in [5.41, 5.74) is 4.29. The number of fused-ring (bicyclic) bond motifs is 2. The third-order valence-electron chi connectivity index (χ3n) is 4.78. The molecule has 2 aromatic heterocycles. The van der Waals surface area contributed by atoms with Gasteiger partial charge in [-0.1, -0.05) is 24.3 Å². The van der Waals surface area contributed by atoms with E-state index in [1.807, 2.05) is 6.33 Å². The fraction of sp³-hybridized carbons (Fsp3) is 0.421. The van der Waals surface area contributed by atoms with Crippen molar-refractivity contribution in [2.24, 2.45) is 0 Å². The van der Waals surface area contributed by atoms with Crippen LogP contribution < -0.4 is 10.2 Å². The number of nitrogens with one attached hydrogen (secondary N) is 1. The molecule has 0 spiro atoms. The molecule has 2 N–H and O–H groups in total. The molecule has 0 bridgehead atoms. The van der Waals surface area contributed by atoms with E-state index < -0.39 is 0 Å². The summed E-state index contributed by atoms with van der Waals surface area (Å²) in [5.74, 6) is 1.38. The fourth-order valence-electron chi connectivity index (χ4n) is 3.39. The van der Waals surface area contributed by atoms with Crippen LogP contribution in [0.15, 0.2) is 30.6 Å². The standard InChI is InChI=1S/C19H24N6O/c1-13(2)25-12-21-16-17(20-8-10-26)22-19(23-18(16)25)24-9-7-14-5-3-4-6-15(14)11-24/h3-6,12-13,26H,7-11H2,1-2H3,(H,20,22,23). The first-order valence-electron chi connectivity index (χ1n) is 9.08. The van der Waals surface area contributed by atoms with Crippen molar-refractivity contribution >= 4 is 22.9 Å². The van der Waals surface area contributed by atoms with Crippen molar-refractivity contribution in [2.45, 2.75) is 32.9 Å². The number of hydrogen-bond donors (Lipinski definition) is 2. The van der Waals surface area contributed by atoms with Crippen LogP contribution in [0.2, 0.25) is 0 Å². The summed E-state index contributed by atoms with van der Waals surface area (Å²) in [6, 6.07) is 8.79. The van der Waals surface area contributed by atoms with Crippen LogP contribution in [0.4, 0.5) is 11.8 Å². The molecule has 1 aliphatic rings. The molecule has 0 saturated heterocycles. The van der Waals surface area contributed by atoms with Crippen molar-refractivity contribution in [1.82, 2.24) is 19.5 Å². The van der Waals surface area contributed by atoms with Crippen LogP contribution in [0.25, 0.3) is 11.2 Å². The average Bonchev–Trinajstić information content (AvgIpc) is 3.10. The molecule has 0 radical (unpaired) electrons. The second-order valence-electron chi connectivity index (χ2n) is 6.88. The summed E-state index contributed by atoms with van der Waals surface area (Å²) in [5, 5.41) is 12.4. The SMILES string of the molecule is CC(C)n1cnc2c(NCCO)nc(N3CCc4ccccc4C3)nc21. The maximum absolute atomic E-state index is 9.18. The van der Waals surface area contributed by atoms with E-state index in [2.05, 4.69) is 57.9 Å². The van der Waals surface area contributed by atoms with Gasteiger partial charge in [-0.3, -0.25) is 0 Å². The van der Waals surface area contributed by atoms with E-state index in [0.717, 1.165) is 30.7 Å². The van der Waals surface area contributed by atoms with E-state index in [1.54, 1.807) is 0 Å². The van der Waals surface area contributed by atoms with Crippen LogP contribution in [-0.4, -0.2) is 44.3 Å². The average molecular weight is 352 g/mol. The lowest BCUT2D eigenvalue weighted by Crippen LogP contribution is -2.32.